The number of halogens is 1. The van der Waals surface area contributed by atoms with Crippen LogP contribution in [-0.4, -0.2) is 27.3 Å². The number of esters is 1. The van der Waals surface area contributed by atoms with Crippen molar-refractivity contribution in [1.82, 2.24) is 14.8 Å². The van der Waals surface area contributed by atoms with Gasteiger partial charge in [0.15, 0.2) is 6.04 Å². The fraction of sp³-hybridized carbons (Fsp3) is 0.308. The van der Waals surface area contributed by atoms with Gasteiger partial charge in [-0.2, -0.15) is 5.10 Å². The first-order valence-electron chi connectivity index (χ1n) is 5.96. The third-order valence-electron chi connectivity index (χ3n) is 2.66. The van der Waals surface area contributed by atoms with Crippen LogP contribution in [0.5, 0.6) is 0 Å². The molecular weight excluding hydrogens is 310 g/mol. The molecule has 0 N–H and O–H groups in total. The summed E-state index contributed by atoms with van der Waals surface area (Å²) in [6.45, 7) is 2.14. The zero-order valence-corrected chi connectivity index (χ0v) is 12.1. The molecule has 100 valence electrons. The number of rotatable bonds is 5. The number of carbonyl (C=O) groups is 1. The van der Waals surface area contributed by atoms with E-state index >= 15 is 0 Å². The zero-order chi connectivity index (χ0) is 13.7. The Labute approximate surface area is 119 Å². The Hall–Kier alpha value is -1.69. The van der Waals surface area contributed by atoms with Gasteiger partial charge in [-0.15, -0.1) is 0 Å². The number of benzene rings is 1. The molecule has 0 aliphatic rings. The van der Waals surface area contributed by atoms with Gasteiger partial charge in [0.2, 0.25) is 0 Å². The van der Waals surface area contributed by atoms with E-state index in [9.17, 15) is 4.79 Å². The standard InChI is InChI=1S/C13H14BrN3O2/c1-2-19-13(18)12(17-9-15-8-16-17)7-10-3-5-11(14)6-4-10/h3-6,8-9,12H,2,7H2,1H3. The Bertz CT molecular complexity index is 525. The van der Waals surface area contributed by atoms with Crippen LogP contribution < -0.4 is 0 Å². The molecule has 0 aliphatic heterocycles. The van der Waals surface area contributed by atoms with Crippen molar-refractivity contribution >= 4 is 21.9 Å². The molecule has 2 rings (SSSR count). The molecule has 0 saturated heterocycles. The average molecular weight is 324 g/mol. The van der Waals surface area contributed by atoms with Gasteiger partial charge in [-0.25, -0.2) is 14.5 Å². The average Bonchev–Trinajstić information content (AvgIpc) is 2.92. The van der Waals surface area contributed by atoms with Crippen molar-refractivity contribution in [1.29, 1.82) is 0 Å². The highest BCUT2D eigenvalue weighted by Gasteiger charge is 2.22. The summed E-state index contributed by atoms with van der Waals surface area (Å²) in [6.07, 6.45) is 3.46. The minimum Gasteiger partial charge on any atom is -0.464 e. The Morgan fingerprint density at radius 1 is 1.42 bits per heavy atom. The second-order valence-corrected chi connectivity index (χ2v) is 4.89. The molecule has 1 aromatic carbocycles. The first-order valence-corrected chi connectivity index (χ1v) is 6.75. The summed E-state index contributed by atoms with van der Waals surface area (Å²) in [5.41, 5.74) is 1.04. The molecule has 0 aliphatic carbocycles. The number of aromatic nitrogens is 3. The van der Waals surface area contributed by atoms with E-state index in [1.165, 1.54) is 17.3 Å². The number of ether oxygens (including phenoxy) is 1. The van der Waals surface area contributed by atoms with Crippen LogP contribution in [-0.2, 0) is 16.0 Å². The number of carbonyl (C=O) groups excluding carboxylic acids is 1. The summed E-state index contributed by atoms with van der Waals surface area (Å²) in [6, 6.07) is 7.33. The predicted molar refractivity (Wildman–Crippen MR) is 73.5 cm³/mol. The highest BCUT2D eigenvalue weighted by atomic mass is 79.9. The second-order valence-electron chi connectivity index (χ2n) is 3.97. The maximum absolute atomic E-state index is 12.0. The minimum atomic E-state index is -0.483. The molecule has 0 bridgehead atoms. The van der Waals surface area contributed by atoms with Crippen molar-refractivity contribution in [3.8, 4) is 0 Å². The lowest BCUT2D eigenvalue weighted by molar-refractivity contribution is -0.147. The van der Waals surface area contributed by atoms with Crippen molar-refractivity contribution in [3.63, 3.8) is 0 Å². The Morgan fingerprint density at radius 2 is 2.16 bits per heavy atom. The molecule has 1 heterocycles. The molecule has 0 spiro atoms. The third-order valence-corrected chi connectivity index (χ3v) is 3.19. The Kier molecular flexibility index (Phi) is 4.68. The van der Waals surface area contributed by atoms with Crippen molar-refractivity contribution in [2.75, 3.05) is 6.61 Å². The van der Waals surface area contributed by atoms with Gasteiger partial charge in [-0.1, -0.05) is 28.1 Å². The second kappa shape index (κ2) is 6.47. The molecule has 1 unspecified atom stereocenters. The lowest BCUT2D eigenvalue weighted by Gasteiger charge is -2.15. The highest BCUT2D eigenvalue weighted by Crippen LogP contribution is 2.17. The number of hydrogen-bond acceptors (Lipinski definition) is 4. The molecule has 0 amide bonds. The van der Waals surface area contributed by atoms with E-state index in [0.717, 1.165) is 10.0 Å². The van der Waals surface area contributed by atoms with Crippen LogP contribution in [0.1, 0.15) is 18.5 Å². The predicted octanol–water partition coefficient (Wildman–Crippen LogP) is 2.39. The first kappa shape index (κ1) is 13.7. The lowest BCUT2D eigenvalue weighted by atomic mass is 10.1. The molecular formula is C13H14BrN3O2. The van der Waals surface area contributed by atoms with E-state index in [1.54, 1.807) is 6.92 Å². The van der Waals surface area contributed by atoms with Gasteiger partial charge >= 0.3 is 5.97 Å². The van der Waals surface area contributed by atoms with E-state index in [-0.39, 0.29) is 5.97 Å². The molecule has 2 aromatic rings. The Balaban J connectivity index is 2.18. The molecule has 19 heavy (non-hydrogen) atoms. The maximum atomic E-state index is 12.0. The molecule has 0 radical (unpaired) electrons. The summed E-state index contributed by atoms with van der Waals surface area (Å²) in [7, 11) is 0. The zero-order valence-electron chi connectivity index (χ0n) is 10.5. The third kappa shape index (κ3) is 3.64. The van der Waals surface area contributed by atoms with Crippen LogP contribution in [0, 0.1) is 0 Å². The lowest BCUT2D eigenvalue weighted by Crippen LogP contribution is -2.24. The molecule has 1 aromatic heterocycles. The summed E-state index contributed by atoms with van der Waals surface area (Å²) in [4.78, 5) is 15.9. The van der Waals surface area contributed by atoms with Crippen LogP contribution in [0.2, 0.25) is 0 Å². The van der Waals surface area contributed by atoms with Gasteiger partial charge in [0, 0.05) is 10.9 Å². The van der Waals surface area contributed by atoms with Crippen LogP contribution in [0.15, 0.2) is 41.4 Å². The number of hydrogen-bond donors (Lipinski definition) is 0. The summed E-state index contributed by atoms with van der Waals surface area (Å²) < 4.78 is 7.62. The van der Waals surface area contributed by atoms with Crippen molar-refractivity contribution in [3.05, 3.63) is 47.0 Å². The van der Waals surface area contributed by atoms with E-state index in [4.69, 9.17) is 4.74 Å². The number of nitrogens with zero attached hydrogens (tertiary/aromatic N) is 3. The Morgan fingerprint density at radius 3 is 2.74 bits per heavy atom. The first-order chi connectivity index (χ1) is 9.20. The van der Waals surface area contributed by atoms with Crippen LogP contribution in [0.3, 0.4) is 0 Å². The molecule has 0 fully saturated rings. The van der Waals surface area contributed by atoms with Gasteiger partial charge in [-0.05, 0) is 24.6 Å². The quantitative estimate of drug-likeness (QED) is 0.793. The smallest absolute Gasteiger partial charge is 0.331 e. The topological polar surface area (TPSA) is 57.0 Å². The van der Waals surface area contributed by atoms with E-state index < -0.39 is 6.04 Å². The van der Waals surface area contributed by atoms with Crippen molar-refractivity contribution in [2.45, 2.75) is 19.4 Å². The molecule has 1 atom stereocenters. The van der Waals surface area contributed by atoms with Crippen LogP contribution in [0.25, 0.3) is 0 Å². The van der Waals surface area contributed by atoms with Gasteiger partial charge in [0.25, 0.3) is 0 Å². The maximum Gasteiger partial charge on any atom is 0.331 e. The van der Waals surface area contributed by atoms with Crippen LogP contribution in [0.4, 0.5) is 0 Å². The van der Waals surface area contributed by atoms with Gasteiger partial charge in [-0.3, -0.25) is 0 Å². The van der Waals surface area contributed by atoms with Crippen molar-refractivity contribution < 1.29 is 9.53 Å². The summed E-state index contributed by atoms with van der Waals surface area (Å²) >= 11 is 3.39. The van der Waals surface area contributed by atoms with E-state index in [0.29, 0.717) is 13.0 Å². The van der Waals surface area contributed by atoms with Gasteiger partial charge in [0.1, 0.15) is 12.7 Å². The fourth-order valence-corrected chi connectivity index (χ4v) is 2.01. The molecule has 0 saturated carbocycles. The van der Waals surface area contributed by atoms with Gasteiger partial charge in [0.05, 0.1) is 6.61 Å². The molecule has 5 nitrogen and oxygen atoms in total. The summed E-state index contributed by atoms with van der Waals surface area (Å²) in [5, 5.41) is 4.03. The summed E-state index contributed by atoms with van der Waals surface area (Å²) in [5.74, 6) is -0.295. The van der Waals surface area contributed by atoms with Crippen molar-refractivity contribution in [2.24, 2.45) is 0 Å². The van der Waals surface area contributed by atoms with Gasteiger partial charge < -0.3 is 4.74 Å². The minimum absolute atomic E-state index is 0.295. The monoisotopic (exact) mass is 323 g/mol. The molecule has 6 heteroatoms. The fourth-order valence-electron chi connectivity index (χ4n) is 1.75. The highest BCUT2D eigenvalue weighted by molar-refractivity contribution is 9.10. The van der Waals surface area contributed by atoms with E-state index in [1.807, 2.05) is 24.3 Å². The SMILES string of the molecule is CCOC(=O)C(Cc1ccc(Br)cc1)n1cncn1. The normalized spacial score (nSPS) is 12.1. The van der Waals surface area contributed by atoms with Crippen LogP contribution >= 0.6 is 15.9 Å². The van der Waals surface area contributed by atoms with E-state index in [2.05, 4.69) is 26.0 Å². The largest absolute Gasteiger partial charge is 0.464 e.